The third-order valence-electron chi connectivity index (χ3n) is 3.03. The van der Waals surface area contributed by atoms with Crippen LogP contribution in [0.25, 0.3) is 0 Å². The minimum Gasteiger partial charge on any atom is -0.309 e. The highest BCUT2D eigenvalue weighted by Crippen LogP contribution is 2.34. The van der Waals surface area contributed by atoms with Crippen molar-refractivity contribution in [2.45, 2.75) is 19.9 Å². The van der Waals surface area contributed by atoms with Gasteiger partial charge in [0.2, 0.25) is 0 Å². The zero-order chi connectivity index (χ0) is 13.3. The SMILES string of the molecule is CNC(c1cc(C)c(C)s1)c1cc(F)ccc1Cl. The summed E-state index contributed by atoms with van der Waals surface area (Å²) in [4.78, 5) is 2.43. The molecule has 0 aliphatic heterocycles. The Balaban J connectivity index is 2.48. The van der Waals surface area contributed by atoms with Crippen molar-refractivity contribution in [1.29, 1.82) is 0 Å². The number of thiophene rings is 1. The van der Waals surface area contributed by atoms with E-state index in [1.54, 1.807) is 17.4 Å². The molecule has 0 saturated carbocycles. The minimum absolute atomic E-state index is 0.0643. The summed E-state index contributed by atoms with van der Waals surface area (Å²) in [6.07, 6.45) is 0. The summed E-state index contributed by atoms with van der Waals surface area (Å²) in [5, 5.41) is 3.79. The van der Waals surface area contributed by atoms with Gasteiger partial charge in [-0.25, -0.2) is 4.39 Å². The lowest BCUT2D eigenvalue weighted by Crippen LogP contribution is -2.17. The molecule has 0 bridgehead atoms. The smallest absolute Gasteiger partial charge is 0.123 e. The molecule has 1 unspecified atom stereocenters. The molecule has 2 rings (SSSR count). The molecule has 0 amide bonds. The third-order valence-corrected chi connectivity index (χ3v) is 4.59. The van der Waals surface area contributed by atoms with E-state index in [9.17, 15) is 4.39 Å². The molecule has 0 aliphatic rings. The molecule has 0 saturated heterocycles. The maximum Gasteiger partial charge on any atom is 0.123 e. The number of nitrogens with one attached hydrogen (secondary N) is 1. The molecule has 1 N–H and O–H groups in total. The summed E-state index contributed by atoms with van der Waals surface area (Å²) in [6, 6.07) is 6.54. The Kier molecular flexibility index (Phi) is 4.05. The largest absolute Gasteiger partial charge is 0.309 e. The first-order chi connectivity index (χ1) is 8.52. The number of halogens is 2. The maximum atomic E-state index is 13.4. The standard InChI is InChI=1S/C14H15ClFNS/c1-8-6-13(18-9(8)2)14(17-3)11-7-10(16)4-5-12(11)15/h4-7,14,17H,1-3H3. The quantitative estimate of drug-likeness (QED) is 0.876. The number of aryl methyl sites for hydroxylation is 2. The average Bonchev–Trinajstić information content (AvgIpc) is 2.65. The monoisotopic (exact) mass is 283 g/mol. The van der Waals surface area contributed by atoms with Crippen molar-refractivity contribution in [3.05, 3.63) is 56.0 Å². The Hall–Kier alpha value is -0.900. The number of benzene rings is 1. The zero-order valence-electron chi connectivity index (χ0n) is 10.6. The van der Waals surface area contributed by atoms with Crippen LogP contribution < -0.4 is 5.32 Å². The van der Waals surface area contributed by atoms with Crippen molar-refractivity contribution in [2.75, 3.05) is 7.05 Å². The van der Waals surface area contributed by atoms with Gasteiger partial charge in [0.05, 0.1) is 6.04 Å². The van der Waals surface area contributed by atoms with Crippen LogP contribution in [0.4, 0.5) is 4.39 Å². The van der Waals surface area contributed by atoms with Crippen molar-refractivity contribution >= 4 is 22.9 Å². The summed E-state index contributed by atoms with van der Waals surface area (Å²) in [5.74, 6) is -0.264. The van der Waals surface area contributed by atoms with E-state index in [1.807, 2.05) is 7.05 Å². The van der Waals surface area contributed by atoms with E-state index in [2.05, 4.69) is 25.2 Å². The van der Waals surface area contributed by atoms with Crippen molar-refractivity contribution in [2.24, 2.45) is 0 Å². The van der Waals surface area contributed by atoms with Gasteiger partial charge >= 0.3 is 0 Å². The van der Waals surface area contributed by atoms with Crippen molar-refractivity contribution in [3.63, 3.8) is 0 Å². The summed E-state index contributed by atoms with van der Waals surface area (Å²) in [7, 11) is 1.86. The van der Waals surface area contributed by atoms with E-state index in [-0.39, 0.29) is 11.9 Å². The second-order valence-electron chi connectivity index (χ2n) is 4.28. The van der Waals surface area contributed by atoms with Crippen LogP contribution in [0.2, 0.25) is 5.02 Å². The van der Waals surface area contributed by atoms with Gasteiger partial charge in [-0.05, 0) is 56.3 Å². The zero-order valence-corrected chi connectivity index (χ0v) is 12.1. The van der Waals surface area contributed by atoms with Crippen molar-refractivity contribution in [3.8, 4) is 0 Å². The fourth-order valence-electron chi connectivity index (χ4n) is 1.93. The van der Waals surface area contributed by atoms with Crippen molar-refractivity contribution < 1.29 is 4.39 Å². The Labute approximate surface area is 116 Å². The predicted molar refractivity (Wildman–Crippen MR) is 76.1 cm³/mol. The topological polar surface area (TPSA) is 12.0 Å². The summed E-state index contributed by atoms with van der Waals surface area (Å²) in [5.41, 5.74) is 2.03. The van der Waals surface area contributed by atoms with Crippen LogP contribution in [0.3, 0.4) is 0 Å². The second-order valence-corrected chi connectivity index (χ2v) is 5.97. The maximum absolute atomic E-state index is 13.4. The first-order valence-electron chi connectivity index (χ1n) is 5.72. The highest BCUT2D eigenvalue weighted by molar-refractivity contribution is 7.12. The van der Waals surface area contributed by atoms with E-state index in [1.165, 1.54) is 22.6 Å². The molecule has 0 radical (unpaired) electrons. The van der Waals surface area contributed by atoms with Crippen LogP contribution in [0.15, 0.2) is 24.3 Å². The molecule has 0 spiro atoms. The van der Waals surface area contributed by atoms with Crippen LogP contribution in [0, 0.1) is 19.7 Å². The van der Waals surface area contributed by atoms with Crippen LogP contribution in [-0.4, -0.2) is 7.05 Å². The van der Waals surface area contributed by atoms with Gasteiger partial charge in [0, 0.05) is 14.8 Å². The lowest BCUT2D eigenvalue weighted by Gasteiger charge is -2.16. The molecule has 4 heteroatoms. The molecule has 1 atom stereocenters. The molecule has 0 aliphatic carbocycles. The van der Waals surface area contributed by atoms with E-state index in [0.717, 1.165) is 10.4 Å². The Bertz CT molecular complexity index is 545. The van der Waals surface area contributed by atoms with E-state index in [0.29, 0.717) is 5.02 Å². The van der Waals surface area contributed by atoms with Crippen LogP contribution in [-0.2, 0) is 0 Å². The lowest BCUT2D eigenvalue weighted by molar-refractivity contribution is 0.618. The van der Waals surface area contributed by atoms with Gasteiger partial charge in [0.25, 0.3) is 0 Å². The van der Waals surface area contributed by atoms with Gasteiger partial charge < -0.3 is 5.32 Å². The molecular weight excluding hydrogens is 269 g/mol. The van der Waals surface area contributed by atoms with Crippen molar-refractivity contribution in [1.82, 2.24) is 5.32 Å². The van der Waals surface area contributed by atoms with Gasteiger partial charge in [0.15, 0.2) is 0 Å². The van der Waals surface area contributed by atoms with Crippen LogP contribution in [0.5, 0.6) is 0 Å². The molecule has 18 heavy (non-hydrogen) atoms. The molecule has 96 valence electrons. The summed E-state index contributed by atoms with van der Waals surface area (Å²) in [6.45, 7) is 4.17. The number of hydrogen-bond donors (Lipinski definition) is 1. The minimum atomic E-state index is -0.264. The first-order valence-corrected chi connectivity index (χ1v) is 6.91. The van der Waals surface area contributed by atoms with Gasteiger partial charge in [-0.3, -0.25) is 0 Å². The number of hydrogen-bond acceptors (Lipinski definition) is 2. The third kappa shape index (κ3) is 2.58. The van der Waals surface area contributed by atoms with E-state index in [4.69, 9.17) is 11.6 Å². The van der Waals surface area contributed by atoms with Gasteiger partial charge in [-0.2, -0.15) is 0 Å². The van der Waals surface area contributed by atoms with E-state index >= 15 is 0 Å². The Morgan fingerprint density at radius 1 is 1.28 bits per heavy atom. The predicted octanol–water partition coefficient (Wildman–Crippen LogP) is 4.47. The molecule has 1 heterocycles. The Morgan fingerprint density at radius 2 is 2.00 bits per heavy atom. The summed E-state index contributed by atoms with van der Waals surface area (Å²) < 4.78 is 13.4. The average molecular weight is 284 g/mol. The van der Waals surface area contributed by atoms with Gasteiger partial charge in [0.1, 0.15) is 5.82 Å². The molecule has 1 nitrogen and oxygen atoms in total. The highest BCUT2D eigenvalue weighted by atomic mass is 35.5. The molecule has 1 aromatic carbocycles. The lowest BCUT2D eigenvalue weighted by atomic mass is 10.0. The fourth-order valence-corrected chi connectivity index (χ4v) is 3.33. The first kappa shape index (κ1) is 13.5. The van der Waals surface area contributed by atoms with E-state index < -0.39 is 0 Å². The number of rotatable bonds is 3. The van der Waals surface area contributed by atoms with Gasteiger partial charge in [-0.1, -0.05) is 11.6 Å². The van der Waals surface area contributed by atoms with Crippen LogP contribution in [0.1, 0.15) is 26.9 Å². The second kappa shape index (κ2) is 5.39. The van der Waals surface area contributed by atoms with Crippen LogP contribution >= 0.6 is 22.9 Å². The fraction of sp³-hybridized carbons (Fsp3) is 0.286. The molecule has 2 aromatic rings. The normalized spacial score (nSPS) is 12.7. The molecule has 0 fully saturated rings. The summed E-state index contributed by atoms with van der Waals surface area (Å²) >= 11 is 7.88. The Morgan fingerprint density at radius 3 is 2.56 bits per heavy atom. The molecular formula is C14H15ClFNS. The molecule has 1 aromatic heterocycles. The van der Waals surface area contributed by atoms with Gasteiger partial charge in [-0.15, -0.1) is 11.3 Å². The highest BCUT2D eigenvalue weighted by Gasteiger charge is 2.18.